The topological polar surface area (TPSA) is 93.5 Å². The van der Waals surface area contributed by atoms with E-state index in [0.29, 0.717) is 35.9 Å². The highest BCUT2D eigenvalue weighted by Crippen LogP contribution is 2.36. The number of thiophene rings is 1. The Balaban J connectivity index is 1.80. The number of urea groups is 1. The van der Waals surface area contributed by atoms with Crippen molar-refractivity contribution in [3.8, 4) is 0 Å². The highest BCUT2D eigenvalue weighted by atomic mass is 35.5. The Morgan fingerprint density at radius 1 is 1.33 bits per heavy atom. The lowest BCUT2D eigenvalue weighted by atomic mass is 10.1. The number of carbonyl (C=O) groups excluding carboxylic acids is 2. The smallest absolute Gasteiger partial charge is 0.324 e. The van der Waals surface area contributed by atoms with Gasteiger partial charge in [-0.15, -0.1) is 11.3 Å². The predicted octanol–water partition coefficient (Wildman–Crippen LogP) is 3.36. The molecule has 0 fully saturated rings. The molecule has 0 spiro atoms. The van der Waals surface area contributed by atoms with Gasteiger partial charge in [0.2, 0.25) is 0 Å². The lowest BCUT2D eigenvalue weighted by Gasteiger charge is -2.12. The van der Waals surface area contributed by atoms with E-state index < -0.39 is 17.8 Å². The van der Waals surface area contributed by atoms with E-state index in [0.717, 1.165) is 16.5 Å². The van der Waals surface area contributed by atoms with Gasteiger partial charge in [0.15, 0.2) is 0 Å². The van der Waals surface area contributed by atoms with Gasteiger partial charge >= 0.3 is 6.03 Å². The number of nitrogens with one attached hydrogen (secondary N) is 2. The standard InChI is InChI=1S/C15H13ClFN3O3S/c16-9-5-7(1-2-10(9)17)19-15(22)20-14-12(13(18)21)8-3-4-23-6-11(8)24-14/h1-2,5H,3-4,6H2,(H2,18,21)(H2,19,20,22). The number of benzene rings is 1. The van der Waals surface area contributed by atoms with Crippen molar-refractivity contribution in [2.24, 2.45) is 5.73 Å². The Kier molecular flexibility index (Phi) is 4.70. The van der Waals surface area contributed by atoms with Gasteiger partial charge in [0, 0.05) is 10.6 Å². The number of amides is 3. The number of hydrogen-bond acceptors (Lipinski definition) is 4. The van der Waals surface area contributed by atoms with E-state index in [9.17, 15) is 14.0 Å². The average molecular weight is 370 g/mol. The number of anilines is 2. The second-order valence-corrected chi connectivity index (χ2v) is 6.60. The summed E-state index contributed by atoms with van der Waals surface area (Å²) in [5.41, 5.74) is 6.90. The molecule has 1 aliphatic heterocycles. The van der Waals surface area contributed by atoms with E-state index in [2.05, 4.69) is 10.6 Å². The number of rotatable bonds is 3. The van der Waals surface area contributed by atoms with Crippen LogP contribution >= 0.6 is 22.9 Å². The summed E-state index contributed by atoms with van der Waals surface area (Å²) in [4.78, 5) is 24.7. The molecule has 4 N–H and O–H groups in total. The summed E-state index contributed by atoms with van der Waals surface area (Å²) in [7, 11) is 0. The SMILES string of the molecule is NC(=O)c1c(NC(=O)Nc2ccc(F)c(Cl)c2)sc2c1CCOC2. The molecule has 9 heteroatoms. The van der Waals surface area contributed by atoms with Crippen molar-refractivity contribution < 1.29 is 18.7 Å². The highest BCUT2D eigenvalue weighted by molar-refractivity contribution is 7.17. The molecule has 0 bridgehead atoms. The zero-order valence-corrected chi connectivity index (χ0v) is 13.9. The first-order valence-electron chi connectivity index (χ1n) is 7.01. The number of ether oxygens (including phenoxy) is 1. The molecule has 3 amide bonds. The number of primary amides is 1. The molecule has 0 saturated heterocycles. The molecule has 126 valence electrons. The predicted molar refractivity (Wildman–Crippen MR) is 90.2 cm³/mol. The largest absolute Gasteiger partial charge is 0.376 e. The average Bonchev–Trinajstić information content (AvgIpc) is 2.88. The van der Waals surface area contributed by atoms with Crippen molar-refractivity contribution in [2.45, 2.75) is 13.0 Å². The fourth-order valence-corrected chi connectivity index (χ4v) is 3.79. The number of nitrogens with two attached hydrogens (primary N) is 1. The molecule has 2 heterocycles. The second-order valence-electron chi connectivity index (χ2n) is 5.08. The molecule has 0 radical (unpaired) electrons. The van der Waals surface area contributed by atoms with Crippen LogP contribution in [0, 0.1) is 5.82 Å². The van der Waals surface area contributed by atoms with Gasteiger partial charge in [-0.3, -0.25) is 10.1 Å². The van der Waals surface area contributed by atoms with Gasteiger partial charge in [0.05, 0.1) is 23.8 Å². The molecule has 0 aliphatic carbocycles. The van der Waals surface area contributed by atoms with Crippen molar-refractivity contribution >= 4 is 45.6 Å². The first-order valence-corrected chi connectivity index (χ1v) is 8.20. The summed E-state index contributed by atoms with van der Waals surface area (Å²) < 4.78 is 18.5. The lowest BCUT2D eigenvalue weighted by molar-refractivity contribution is 0.0991. The first kappa shape index (κ1) is 16.7. The van der Waals surface area contributed by atoms with Crippen LogP contribution in [0.2, 0.25) is 5.02 Å². The molecule has 0 unspecified atom stereocenters. The number of carbonyl (C=O) groups is 2. The summed E-state index contributed by atoms with van der Waals surface area (Å²) in [6, 6.07) is 3.23. The van der Waals surface area contributed by atoms with Crippen molar-refractivity contribution in [1.29, 1.82) is 0 Å². The molecular weight excluding hydrogens is 357 g/mol. The maximum atomic E-state index is 13.1. The van der Waals surface area contributed by atoms with E-state index in [1.54, 1.807) is 0 Å². The molecule has 0 saturated carbocycles. The Bertz CT molecular complexity index is 825. The van der Waals surface area contributed by atoms with E-state index in [1.807, 2.05) is 0 Å². The maximum Gasteiger partial charge on any atom is 0.324 e. The van der Waals surface area contributed by atoms with E-state index in [-0.39, 0.29) is 5.02 Å². The summed E-state index contributed by atoms with van der Waals surface area (Å²) in [6.45, 7) is 0.890. The fourth-order valence-electron chi connectivity index (χ4n) is 2.42. The molecule has 24 heavy (non-hydrogen) atoms. The van der Waals surface area contributed by atoms with E-state index in [4.69, 9.17) is 22.1 Å². The molecule has 6 nitrogen and oxygen atoms in total. The molecule has 2 aromatic rings. The minimum Gasteiger partial charge on any atom is -0.376 e. The Morgan fingerprint density at radius 2 is 2.12 bits per heavy atom. The van der Waals surface area contributed by atoms with E-state index >= 15 is 0 Å². The Labute approximate surface area is 145 Å². The molecular formula is C15H13ClFN3O3S. The van der Waals surface area contributed by atoms with Crippen LogP contribution in [0.25, 0.3) is 0 Å². The van der Waals surface area contributed by atoms with Crippen LogP contribution in [0.5, 0.6) is 0 Å². The molecule has 1 aromatic heterocycles. The Hall–Kier alpha value is -2.16. The van der Waals surface area contributed by atoms with Gasteiger partial charge < -0.3 is 15.8 Å². The summed E-state index contributed by atoms with van der Waals surface area (Å²) in [6.07, 6.45) is 0.570. The zero-order chi connectivity index (χ0) is 17.3. The number of hydrogen-bond donors (Lipinski definition) is 3. The van der Waals surface area contributed by atoms with Crippen LogP contribution in [0.15, 0.2) is 18.2 Å². The normalized spacial score (nSPS) is 13.2. The fraction of sp³-hybridized carbons (Fsp3) is 0.200. The van der Waals surface area contributed by atoms with Crippen molar-refractivity contribution in [2.75, 3.05) is 17.2 Å². The van der Waals surface area contributed by atoms with Gasteiger partial charge in [-0.2, -0.15) is 0 Å². The summed E-state index contributed by atoms with van der Waals surface area (Å²) >= 11 is 6.92. The minimum atomic E-state index is -0.602. The second kappa shape index (κ2) is 6.76. The van der Waals surface area contributed by atoms with Gasteiger partial charge in [-0.25, -0.2) is 9.18 Å². The van der Waals surface area contributed by atoms with Crippen LogP contribution in [0.4, 0.5) is 19.9 Å². The third kappa shape index (κ3) is 3.35. The van der Waals surface area contributed by atoms with Crippen LogP contribution in [0.3, 0.4) is 0 Å². The number of halogens is 2. The lowest BCUT2D eigenvalue weighted by Crippen LogP contribution is -2.22. The van der Waals surface area contributed by atoms with Crippen molar-refractivity contribution in [3.63, 3.8) is 0 Å². The molecule has 1 aromatic carbocycles. The summed E-state index contributed by atoms with van der Waals surface area (Å²) in [5, 5.41) is 5.40. The minimum absolute atomic E-state index is 0.102. The van der Waals surface area contributed by atoms with Gasteiger partial charge in [0.25, 0.3) is 5.91 Å². The quantitative estimate of drug-likeness (QED) is 0.774. The maximum absolute atomic E-state index is 13.1. The Morgan fingerprint density at radius 3 is 2.83 bits per heavy atom. The highest BCUT2D eigenvalue weighted by Gasteiger charge is 2.25. The molecule has 0 atom stereocenters. The van der Waals surface area contributed by atoms with Gasteiger partial charge in [0.1, 0.15) is 10.8 Å². The van der Waals surface area contributed by atoms with Gasteiger partial charge in [-0.05, 0) is 30.2 Å². The van der Waals surface area contributed by atoms with Crippen LogP contribution in [-0.4, -0.2) is 18.5 Å². The summed E-state index contributed by atoms with van der Waals surface area (Å²) in [5.74, 6) is -1.18. The molecule has 3 rings (SSSR count). The zero-order valence-electron chi connectivity index (χ0n) is 12.3. The van der Waals surface area contributed by atoms with Crippen molar-refractivity contribution in [3.05, 3.63) is 45.0 Å². The van der Waals surface area contributed by atoms with Crippen LogP contribution in [-0.2, 0) is 17.8 Å². The van der Waals surface area contributed by atoms with Crippen molar-refractivity contribution in [1.82, 2.24) is 0 Å². The third-order valence-corrected chi connectivity index (χ3v) is 4.88. The first-order chi connectivity index (χ1) is 11.5. The van der Waals surface area contributed by atoms with Gasteiger partial charge in [-0.1, -0.05) is 11.6 Å². The number of fused-ring (bicyclic) bond motifs is 1. The third-order valence-electron chi connectivity index (χ3n) is 3.47. The van der Waals surface area contributed by atoms with Crippen LogP contribution < -0.4 is 16.4 Å². The van der Waals surface area contributed by atoms with Crippen LogP contribution in [0.1, 0.15) is 20.8 Å². The molecule has 1 aliphatic rings. The van der Waals surface area contributed by atoms with E-state index in [1.165, 1.54) is 23.5 Å². The monoisotopic (exact) mass is 369 g/mol.